The molecule has 0 amide bonds. The minimum Gasteiger partial charge on any atom is -0.416 e. The monoisotopic (exact) mass is 397 g/mol. The summed E-state index contributed by atoms with van der Waals surface area (Å²) >= 11 is 0. The average Bonchev–Trinajstić information content (AvgIpc) is 3.03. The van der Waals surface area contributed by atoms with Gasteiger partial charge in [-0.2, -0.15) is 4.31 Å². The number of sulfonamides is 1. The van der Waals surface area contributed by atoms with Crippen molar-refractivity contribution in [3.63, 3.8) is 0 Å². The van der Waals surface area contributed by atoms with Crippen LogP contribution >= 0.6 is 0 Å². The smallest absolute Gasteiger partial charge is 0.248 e. The van der Waals surface area contributed by atoms with Crippen molar-refractivity contribution in [2.45, 2.75) is 37.5 Å². The Morgan fingerprint density at radius 1 is 0.857 bits per heavy atom. The van der Waals surface area contributed by atoms with E-state index in [9.17, 15) is 8.42 Å². The van der Waals surface area contributed by atoms with Crippen LogP contribution in [-0.4, -0.2) is 36.0 Å². The van der Waals surface area contributed by atoms with Crippen LogP contribution in [0.5, 0.6) is 0 Å². The summed E-state index contributed by atoms with van der Waals surface area (Å²) in [6, 6.07) is 14.8. The summed E-state index contributed by atoms with van der Waals surface area (Å²) in [4.78, 5) is 0.311. The normalized spacial score (nSPS) is 16.0. The molecule has 146 valence electrons. The van der Waals surface area contributed by atoms with Crippen LogP contribution in [0.3, 0.4) is 0 Å². The molecule has 28 heavy (non-hydrogen) atoms. The Labute approximate surface area is 165 Å². The van der Waals surface area contributed by atoms with Crippen molar-refractivity contribution in [1.82, 2.24) is 14.5 Å². The third-order valence-corrected chi connectivity index (χ3v) is 7.10. The number of hydrogen-bond donors (Lipinski definition) is 0. The van der Waals surface area contributed by atoms with Gasteiger partial charge in [-0.05, 0) is 49.6 Å². The molecule has 0 unspecified atom stereocenters. The van der Waals surface area contributed by atoms with Crippen molar-refractivity contribution in [1.29, 1.82) is 0 Å². The van der Waals surface area contributed by atoms with Crippen LogP contribution < -0.4 is 0 Å². The van der Waals surface area contributed by atoms with E-state index in [-0.39, 0.29) is 0 Å². The average molecular weight is 398 g/mol. The topological polar surface area (TPSA) is 76.3 Å². The van der Waals surface area contributed by atoms with Gasteiger partial charge in [0.2, 0.25) is 21.8 Å². The van der Waals surface area contributed by atoms with Crippen molar-refractivity contribution in [3.05, 3.63) is 54.1 Å². The van der Waals surface area contributed by atoms with E-state index in [4.69, 9.17) is 4.42 Å². The minimum atomic E-state index is -3.55. The molecule has 0 aliphatic carbocycles. The van der Waals surface area contributed by atoms with Gasteiger partial charge in [-0.1, -0.05) is 37.1 Å². The maximum atomic E-state index is 13.2. The van der Waals surface area contributed by atoms with Gasteiger partial charge in [0.1, 0.15) is 0 Å². The molecule has 1 aromatic heterocycles. The lowest BCUT2D eigenvalue weighted by Gasteiger charge is -2.21. The zero-order valence-corrected chi connectivity index (χ0v) is 16.7. The molecular formula is C21H23N3O3S. The van der Waals surface area contributed by atoms with Crippen molar-refractivity contribution >= 4 is 10.0 Å². The van der Waals surface area contributed by atoms with Gasteiger partial charge in [0.25, 0.3) is 0 Å². The van der Waals surface area contributed by atoms with Crippen LogP contribution in [0.25, 0.3) is 22.9 Å². The molecule has 1 fully saturated rings. The number of benzene rings is 2. The third kappa shape index (κ3) is 3.72. The molecule has 4 rings (SSSR count). The standard InChI is InChI=1S/C21H23N3O3S/c1-16-11-12-18(21-23-22-20(27-21)17-9-5-4-6-10-17)15-19(16)28(25,26)24-13-7-2-3-8-14-24/h4-6,9-12,15H,2-3,7-8,13-14H2,1H3. The van der Waals surface area contributed by atoms with Crippen LogP contribution in [0, 0.1) is 6.92 Å². The van der Waals surface area contributed by atoms with E-state index in [2.05, 4.69) is 10.2 Å². The van der Waals surface area contributed by atoms with E-state index in [0.717, 1.165) is 36.8 Å². The van der Waals surface area contributed by atoms with E-state index in [0.29, 0.717) is 35.3 Å². The molecule has 0 N–H and O–H groups in total. The maximum Gasteiger partial charge on any atom is 0.248 e. The first-order valence-electron chi connectivity index (χ1n) is 9.56. The predicted octanol–water partition coefficient (Wildman–Crippen LogP) is 4.28. The van der Waals surface area contributed by atoms with Gasteiger partial charge in [0, 0.05) is 24.2 Å². The zero-order valence-electron chi connectivity index (χ0n) is 15.8. The summed E-state index contributed by atoms with van der Waals surface area (Å²) in [5.74, 6) is 0.722. The zero-order chi connectivity index (χ0) is 19.6. The Morgan fingerprint density at radius 3 is 2.18 bits per heavy atom. The molecule has 7 heteroatoms. The fraction of sp³-hybridized carbons (Fsp3) is 0.333. The second-order valence-electron chi connectivity index (χ2n) is 7.08. The molecule has 0 bridgehead atoms. The highest BCUT2D eigenvalue weighted by atomic mass is 32.2. The van der Waals surface area contributed by atoms with Crippen molar-refractivity contribution in [2.24, 2.45) is 0 Å². The van der Waals surface area contributed by atoms with Crippen molar-refractivity contribution in [2.75, 3.05) is 13.1 Å². The van der Waals surface area contributed by atoms with Gasteiger partial charge in [0.15, 0.2) is 0 Å². The van der Waals surface area contributed by atoms with Crippen LogP contribution in [-0.2, 0) is 10.0 Å². The van der Waals surface area contributed by atoms with E-state index < -0.39 is 10.0 Å². The second kappa shape index (κ2) is 7.85. The summed E-state index contributed by atoms with van der Waals surface area (Å²) in [5, 5.41) is 8.22. The van der Waals surface area contributed by atoms with Gasteiger partial charge in [-0.3, -0.25) is 0 Å². The second-order valence-corrected chi connectivity index (χ2v) is 8.98. The summed E-state index contributed by atoms with van der Waals surface area (Å²) in [6.45, 7) is 2.97. The molecule has 6 nitrogen and oxygen atoms in total. The van der Waals surface area contributed by atoms with Crippen LogP contribution in [0.15, 0.2) is 57.8 Å². The van der Waals surface area contributed by atoms with Gasteiger partial charge < -0.3 is 4.42 Å². The highest BCUT2D eigenvalue weighted by Crippen LogP contribution is 2.29. The number of rotatable bonds is 4. The Bertz CT molecular complexity index is 1050. The first kappa shape index (κ1) is 18.8. The van der Waals surface area contributed by atoms with Gasteiger partial charge >= 0.3 is 0 Å². The summed E-state index contributed by atoms with van der Waals surface area (Å²) in [7, 11) is -3.55. The van der Waals surface area contributed by atoms with E-state index in [1.165, 1.54) is 0 Å². The fourth-order valence-electron chi connectivity index (χ4n) is 3.47. The Hall–Kier alpha value is -2.51. The van der Waals surface area contributed by atoms with Gasteiger partial charge in [0.05, 0.1) is 4.90 Å². The van der Waals surface area contributed by atoms with E-state index in [1.807, 2.05) is 43.3 Å². The Kier molecular flexibility index (Phi) is 5.28. The highest BCUT2D eigenvalue weighted by molar-refractivity contribution is 7.89. The molecule has 0 radical (unpaired) electrons. The lowest BCUT2D eigenvalue weighted by Crippen LogP contribution is -2.32. The molecule has 3 aromatic rings. The fourth-order valence-corrected chi connectivity index (χ4v) is 5.24. The minimum absolute atomic E-state index is 0.311. The molecule has 1 saturated heterocycles. The van der Waals surface area contributed by atoms with Crippen molar-refractivity contribution in [3.8, 4) is 22.9 Å². The van der Waals surface area contributed by atoms with E-state index >= 15 is 0 Å². The maximum absolute atomic E-state index is 13.2. The first-order valence-corrected chi connectivity index (χ1v) is 11.0. The summed E-state index contributed by atoms with van der Waals surface area (Å²) in [6.07, 6.45) is 3.97. The van der Waals surface area contributed by atoms with E-state index in [1.54, 1.807) is 16.4 Å². The molecule has 1 aliphatic rings. The number of aromatic nitrogens is 2. The lowest BCUT2D eigenvalue weighted by molar-refractivity contribution is 0.423. The first-order chi connectivity index (χ1) is 13.6. The Balaban J connectivity index is 1.69. The number of hydrogen-bond acceptors (Lipinski definition) is 5. The molecule has 0 saturated carbocycles. The summed E-state index contributed by atoms with van der Waals surface area (Å²) in [5.41, 5.74) is 2.15. The third-order valence-electron chi connectivity index (χ3n) is 5.06. The molecular weight excluding hydrogens is 374 g/mol. The molecule has 2 heterocycles. The van der Waals surface area contributed by atoms with Crippen LogP contribution in [0.1, 0.15) is 31.2 Å². The van der Waals surface area contributed by atoms with Crippen LogP contribution in [0.4, 0.5) is 0 Å². The predicted molar refractivity (Wildman–Crippen MR) is 107 cm³/mol. The summed E-state index contributed by atoms with van der Waals surface area (Å²) < 4.78 is 33.9. The highest BCUT2D eigenvalue weighted by Gasteiger charge is 2.27. The molecule has 0 spiro atoms. The quantitative estimate of drug-likeness (QED) is 0.657. The molecule has 1 aliphatic heterocycles. The van der Waals surface area contributed by atoms with Crippen molar-refractivity contribution < 1.29 is 12.8 Å². The Morgan fingerprint density at radius 2 is 1.50 bits per heavy atom. The van der Waals surface area contributed by atoms with Gasteiger partial charge in [-0.15, -0.1) is 10.2 Å². The molecule has 0 atom stereocenters. The van der Waals surface area contributed by atoms with Gasteiger partial charge in [-0.25, -0.2) is 8.42 Å². The largest absolute Gasteiger partial charge is 0.416 e. The van der Waals surface area contributed by atoms with Crippen LogP contribution in [0.2, 0.25) is 0 Å². The molecule has 2 aromatic carbocycles. The number of nitrogens with zero attached hydrogens (tertiary/aromatic N) is 3. The lowest BCUT2D eigenvalue weighted by atomic mass is 10.1. The number of aryl methyl sites for hydroxylation is 1. The SMILES string of the molecule is Cc1ccc(-c2nnc(-c3ccccc3)o2)cc1S(=O)(=O)N1CCCCCC1.